The molecule has 0 aromatic rings. The highest BCUT2D eigenvalue weighted by Crippen LogP contribution is 1.94. The van der Waals surface area contributed by atoms with Gasteiger partial charge in [-0.15, -0.1) is 11.6 Å². The van der Waals surface area contributed by atoms with Crippen molar-refractivity contribution < 1.29 is 22.1 Å². The van der Waals surface area contributed by atoms with Gasteiger partial charge in [0, 0.05) is 0 Å². The molecule has 0 saturated heterocycles. The van der Waals surface area contributed by atoms with Crippen LogP contribution in [0.3, 0.4) is 0 Å². The molecule has 0 aromatic heterocycles. The number of ether oxygens (including phenoxy) is 1. The molecule has 0 fully saturated rings. The Bertz CT molecular complexity index is 299. The van der Waals surface area contributed by atoms with Crippen molar-refractivity contribution in [3.63, 3.8) is 0 Å². The molecule has 0 unspecified atom stereocenters. The molecule has 74 valence electrons. The number of halogens is 1. The maximum Gasteiger partial charge on any atom is 0.294 e. The van der Waals surface area contributed by atoms with Gasteiger partial charge in [-0.3, -0.25) is 8.98 Å². The van der Waals surface area contributed by atoms with Gasteiger partial charge in [-0.05, 0) is 0 Å². The number of carbonyl (C=O) groups is 1. The highest BCUT2D eigenvalue weighted by Gasteiger charge is 2.06. The van der Waals surface area contributed by atoms with Crippen molar-refractivity contribution in [3.05, 3.63) is 0 Å². The molecule has 0 spiro atoms. The van der Waals surface area contributed by atoms with E-state index in [9.17, 15) is 13.2 Å². The summed E-state index contributed by atoms with van der Waals surface area (Å²) in [5, 5.41) is -0.612. The number of hydrogen-bond acceptors (Lipinski definition) is 5. The maximum absolute atomic E-state index is 10.6. The Morgan fingerprint density at radius 1 is 1.31 bits per heavy atom. The first-order chi connectivity index (χ1) is 6.12. The van der Waals surface area contributed by atoms with E-state index < -0.39 is 15.3 Å². The molecule has 0 aliphatic rings. The van der Waals surface area contributed by atoms with Crippen LogP contribution in [0.1, 0.15) is 0 Å². The molecule has 0 aromatic carbocycles. The summed E-state index contributed by atoms with van der Waals surface area (Å²) >= 11 is 5.02. The first kappa shape index (κ1) is 12.2. The molecule has 0 saturated carbocycles. The zero-order valence-electron chi connectivity index (χ0n) is 6.53. The van der Waals surface area contributed by atoms with Crippen molar-refractivity contribution in [1.82, 2.24) is 0 Å². The van der Waals surface area contributed by atoms with Crippen LogP contribution in [0.15, 0.2) is 0 Å². The van der Waals surface area contributed by atoms with Crippen molar-refractivity contribution in [2.45, 2.75) is 0 Å². The van der Waals surface area contributed by atoms with Gasteiger partial charge in [-0.25, -0.2) is 0 Å². The number of alkyl halides is 1. The van der Waals surface area contributed by atoms with Crippen molar-refractivity contribution in [1.29, 1.82) is 0 Å². The Labute approximate surface area is 81.1 Å². The van der Waals surface area contributed by atoms with E-state index in [0.717, 1.165) is 0 Å². The Balaban J connectivity index is 3.65. The summed E-state index contributed by atoms with van der Waals surface area (Å²) in [4.78, 5) is 9.61. The minimum absolute atomic E-state index is 0.0895. The minimum Gasteiger partial charge on any atom is -0.455 e. The fourth-order valence-electron chi connectivity index (χ4n) is 0.328. The summed E-state index contributed by atoms with van der Waals surface area (Å²) in [6.45, 7) is -0.143. The van der Waals surface area contributed by atoms with E-state index in [2.05, 4.69) is 20.8 Å². The van der Waals surface area contributed by atoms with E-state index in [-0.39, 0.29) is 19.7 Å². The Morgan fingerprint density at radius 2 is 1.92 bits per heavy atom. The van der Waals surface area contributed by atoms with Gasteiger partial charge in [-0.1, -0.05) is 11.8 Å². The predicted molar refractivity (Wildman–Crippen MR) is 45.4 cm³/mol. The molecular formula is C6H7ClO5S. The number of hydrogen-bond donors (Lipinski definition) is 0. The van der Waals surface area contributed by atoms with Crippen molar-refractivity contribution in [2.75, 3.05) is 18.4 Å². The SMILES string of the molecule is O=COCC#CCOS(=O)(=O)CCl. The smallest absolute Gasteiger partial charge is 0.294 e. The summed E-state index contributed by atoms with van der Waals surface area (Å²) in [5.41, 5.74) is 0. The lowest BCUT2D eigenvalue weighted by molar-refractivity contribution is -0.127. The van der Waals surface area contributed by atoms with Crippen molar-refractivity contribution >= 4 is 28.2 Å². The van der Waals surface area contributed by atoms with Gasteiger partial charge in [0.1, 0.15) is 11.8 Å². The largest absolute Gasteiger partial charge is 0.455 e. The fourth-order valence-corrected chi connectivity index (χ4v) is 0.819. The zero-order chi connectivity index (χ0) is 10.2. The molecule has 0 N–H and O–H groups in total. The molecule has 7 heteroatoms. The fraction of sp³-hybridized carbons (Fsp3) is 0.500. The predicted octanol–water partition coefficient (Wildman–Crippen LogP) is -0.294. The summed E-state index contributed by atoms with van der Waals surface area (Å²) in [6.07, 6.45) is 0. The van der Waals surface area contributed by atoms with Gasteiger partial charge in [-0.2, -0.15) is 8.42 Å². The van der Waals surface area contributed by atoms with Crippen LogP contribution in [0.2, 0.25) is 0 Å². The first-order valence-corrected chi connectivity index (χ1v) is 5.17. The summed E-state index contributed by atoms with van der Waals surface area (Å²) in [7, 11) is -3.66. The van der Waals surface area contributed by atoms with Gasteiger partial charge in [0.25, 0.3) is 16.6 Å². The molecule has 13 heavy (non-hydrogen) atoms. The average Bonchev–Trinajstić information content (AvgIpc) is 2.11. The Kier molecular flexibility index (Phi) is 6.32. The van der Waals surface area contributed by atoms with Crippen molar-refractivity contribution in [2.24, 2.45) is 0 Å². The second-order valence-electron chi connectivity index (χ2n) is 1.69. The molecule has 0 amide bonds. The maximum atomic E-state index is 10.6. The first-order valence-electron chi connectivity index (χ1n) is 3.06. The van der Waals surface area contributed by atoms with E-state index in [0.29, 0.717) is 0 Å². The molecule has 5 nitrogen and oxygen atoms in total. The highest BCUT2D eigenvalue weighted by atomic mass is 35.5. The monoisotopic (exact) mass is 226 g/mol. The Morgan fingerprint density at radius 3 is 2.46 bits per heavy atom. The third kappa shape index (κ3) is 7.59. The molecule has 0 bridgehead atoms. The molecule has 0 radical (unpaired) electrons. The lowest BCUT2D eigenvalue weighted by Gasteiger charge is -1.95. The van der Waals surface area contributed by atoms with Crippen LogP contribution in [0.5, 0.6) is 0 Å². The van der Waals surface area contributed by atoms with E-state index in [1.165, 1.54) is 0 Å². The van der Waals surface area contributed by atoms with E-state index in [1.54, 1.807) is 0 Å². The standard InChI is InChI=1S/C6H7ClO5S/c7-5-13(9,10)12-4-2-1-3-11-6-8/h6H,3-5H2. The topological polar surface area (TPSA) is 69.7 Å². The second-order valence-corrected chi connectivity index (χ2v) is 3.91. The van der Waals surface area contributed by atoms with Crippen LogP contribution >= 0.6 is 11.6 Å². The molecule has 0 heterocycles. The minimum atomic E-state index is -3.66. The number of rotatable bonds is 5. The molecular weight excluding hydrogens is 220 g/mol. The van der Waals surface area contributed by atoms with E-state index in [4.69, 9.17) is 11.6 Å². The number of carbonyl (C=O) groups excluding carboxylic acids is 1. The third-order valence-corrected chi connectivity index (χ3v) is 2.34. The molecule has 0 aliphatic heterocycles. The van der Waals surface area contributed by atoms with Crippen LogP contribution in [0.4, 0.5) is 0 Å². The van der Waals surface area contributed by atoms with Gasteiger partial charge in [0.2, 0.25) is 0 Å². The van der Waals surface area contributed by atoms with Crippen LogP contribution in [-0.4, -0.2) is 33.3 Å². The summed E-state index contributed by atoms with van der Waals surface area (Å²) in [5.74, 6) is 4.66. The summed E-state index contributed by atoms with van der Waals surface area (Å²) < 4.78 is 29.6. The third-order valence-electron chi connectivity index (χ3n) is 0.793. The normalized spacial score (nSPS) is 9.92. The van der Waals surface area contributed by atoms with Crippen LogP contribution in [0, 0.1) is 11.8 Å². The van der Waals surface area contributed by atoms with Gasteiger partial charge in [0.05, 0.1) is 0 Å². The quantitative estimate of drug-likeness (QED) is 0.212. The van der Waals surface area contributed by atoms with Crippen LogP contribution < -0.4 is 0 Å². The second kappa shape index (κ2) is 6.71. The van der Waals surface area contributed by atoms with E-state index in [1.807, 2.05) is 0 Å². The summed E-state index contributed by atoms with van der Waals surface area (Å²) in [6, 6.07) is 0. The van der Waals surface area contributed by atoms with Crippen molar-refractivity contribution in [3.8, 4) is 11.8 Å². The van der Waals surface area contributed by atoms with Crippen LogP contribution in [-0.2, 0) is 23.8 Å². The lowest BCUT2D eigenvalue weighted by Crippen LogP contribution is -2.06. The zero-order valence-corrected chi connectivity index (χ0v) is 8.10. The van der Waals surface area contributed by atoms with Gasteiger partial charge < -0.3 is 4.74 Å². The van der Waals surface area contributed by atoms with Gasteiger partial charge in [0.15, 0.2) is 6.61 Å². The highest BCUT2D eigenvalue weighted by molar-refractivity contribution is 7.87. The van der Waals surface area contributed by atoms with Gasteiger partial charge >= 0.3 is 0 Å². The van der Waals surface area contributed by atoms with Crippen LogP contribution in [0.25, 0.3) is 0 Å². The average molecular weight is 227 g/mol. The molecule has 0 rings (SSSR count). The lowest BCUT2D eigenvalue weighted by atomic mass is 10.6. The van der Waals surface area contributed by atoms with E-state index >= 15 is 0 Å². The Hall–Kier alpha value is -0.770. The molecule has 0 aliphatic carbocycles. The molecule has 0 atom stereocenters.